The Bertz CT molecular complexity index is 380. The molecule has 1 saturated carbocycles. The minimum absolute atomic E-state index is 0.322. The molecule has 0 radical (unpaired) electrons. The Morgan fingerprint density at radius 3 is 3.00 bits per heavy atom. The average Bonchev–Trinajstić information content (AvgIpc) is 2.29. The molecule has 1 unspecified atom stereocenters. The second-order valence-corrected chi connectivity index (χ2v) is 5.38. The normalized spacial score (nSPS) is 24.6. The van der Waals surface area contributed by atoms with Gasteiger partial charge in [0.05, 0.1) is 17.2 Å². The van der Waals surface area contributed by atoms with Crippen LogP contribution >= 0.6 is 11.6 Å². The highest BCUT2D eigenvalue weighted by Gasteiger charge is 2.31. The van der Waals surface area contributed by atoms with Gasteiger partial charge in [0.2, 0.25) is 0 Å². The summed E-state index contributed by atoms with van der Waals surface area (Å²) in [6.07, 6.45) is 7.03. The summed E-state index contributed by atoms with van der Waals surface area (Å²) in [5, 5.41) is 10.7. The van der Waals surface area contributed by atoms with Crippen LogP contribution in [0.15, 0.2) is 18.5 Å². The van der Waals surface area contributed by atoms with Crippen molar-refractivity contribution < 1.29 is 9.84 Å². The molecule has 0 aliphatic heterocycles. The monoisotopic (exact) mass is 269 g/mol. The van der Waals surface area contributed by atoms with Gasteiger partial charge in [-0.15, -0.1) is 0 Å². The molecule has 1 aromatic heterocycles. The first kappa shape index (κ1) is 13.8. The van der Waals surface area contributed by atoms with Crippen LogP contribution in [0.2, 0.25) is 5.02 Å². The summed E-state index contributed by atoms with van der Waals surface area (Å²) in [6.45, 7) is 2.81. The highest BCUT2D eigenvalue weighted by molar-refractivity contribution is 6.31. The minimum atomic E-state index is -0.322. The van der Waals surface area contributed by atoms with Gasteiger partial charge < -0.3 is 9.84 Å². The van der Waals surface area contributed by atoms with Gasteiger partial charge in [0.15, 0.2) is 0 Å². The van der Waals surface area contributed by atoms with Gasteiger partial charge in [-0.1, -0.05) is 11.6 Å². The number of aromatic nitrogens is 1. The Kier molecular flexibility index (Phi) is 4.98. The fourth-order valence-electron chi connectivity index (χ4n) is 2.53. The van der Waals surface area contributed by atoms with Crippen LogP contribution in [0, 0.1) is 5.92 Å². The van der Waals surface area contributed by atoms with Gasteiger partial charge in [-0.3, -0.25) is 4.98 Å². The largest absolute Gasteiger partial charge is 0.393 e. The quantitative estimate of drug-likeness (QED) is 0.864. The van der Waals surface area contributed by atoms with Crippen LogP contribution in [-0.4, -0.2) is 28.9 Å². The smallest absolute Gasteiger partial charge is 0.0622 e. The van der Waals surface area contributed by atoms with Gasteiger partial charge in [0.25, 0.3) is 0 Å². The first-order valence-corrected chi connectivity index (χ1v) is 6.95. The van der Waals surface area contributed by atoms with E-state index in [0.717, 1.165) is 31.4 Å². The highest BCUT2D eigenvalue weighted by Crippen LogP contribution is 2.34. The van der Waals surface area contributed by atoms with E-state index in [4.69, 9.17) is 16.3 Å². The Labute approximate surface area is 113 Å². The lowest BCUT2D eigenvalue weighted by Crippen LogP contribution is -2.34. The molecule has 100 valence electrons. The zero-order valence-electron chi connectivity index (χ0n) is 10.7. The second kappa shape index (κ2) is 6.50. The molecule has 0 aromatic carbocycles. The second-order valence-electron chi connectivity index (χ2n) is 4.98. The SMILES string of the molecule is CCOC1CC(CC(O)Cc2ccncc2Cl)C1. The Hall–Kier alpha value is -0.640. The molecule has 18 heavy (non-hydrogen) atoms. The molecule has 0 bridgehead atoms. The van der Waals surface area contributed by atoms with Crippen LogP contribution in [0.5, 0.6) is 0 Å². The maximum atomic E-state index is 10.1. The molecule has 1 aromatic rings. The van der Waals surface area contributed by atoms with Gasteiger partial charge in [-0.25, -0.2) is 0 Å². The zero-order valence-corrected chi connectivity index (χ0v) is 11.4. The molecule has 0 spiro atoms. The van der Waals surface area contributed by atoms with Gasteiger partial charge >= 0.3 is 0 Å². The van der Waals surface area contributed by atoms with E-state index < -0.39 is 0 Å². The van der Waals surface area contributed by atoms with Crippen LogP contribution in [0.1, 0.15) is 31.7 Å². The Morgan fingerprint density at radius 2 is 2.33 bits per heavy atom. The van der Waals surface area contributed by atoms with E-state index in [1.807, 2.05) is 13.0 Å². The van der Waals surface area contributed by atoms with Gasteiger partial charge in [0, 0.05) is 19.0 Å². The van der Waals surface area contributed by atoms with Crippen molar-refractivity contribution in [2.24, 2.45) is 5.92 Å². The molecule has 0 amide bonds. The molecular weight excluding hydrogens is 250 g/mol. The summed E-state index contributed by atoms with van der Waals surface area (Å²) >= 11 is 6.02. The van der Waals surface area contributed by atoms with E-state index in [9.17, 15) is 5.11 Å². The maximum Gasteiger partial charge on any atom is 0.0622 e. The van der Waals surface area contributed by atoms with E-state index >= 15 is 0 Å². The lowest BCUT2D eigenvalue weighted by atomic mass is 9.78. The van der Waals surface area contributed by atoms with Gasteiger partial charge in [-0.2, -0.15) is 0 Å². The molecule has 1 fully saturated rings. The fourth-order valence-corrected chi connectivity index (χ4v) is 2.73. The van der Waals surface area contributed by atoms with Crippen molar-refractivity contribution in [3.8, 4) is 0 Å². The molecule has 4 heteroatoms. The van der Waals surface area contributed by atoms with Crippen LogP contribution in [0.25, 0.3) is 0 Å². The summed E-state index contributed by atoms with van der Waals surface area (Å²) in [5.74, 6) is 0.595. The van der Waals surface area contributed by atoms with Crippen molar-refractivity contribution in [3.05, 3.63) is 29.0 Å². The fraction of sp³-hybridized carbons (Fsp3) is 0.643. The summed E-state index contributed by atoms with van der Waals surface area (Å²) in [7, 11) is 0. The first-order chi connectivity index (χ1) is 8.69. The summed E-state index contributed by atoms with van der Waals surface area (Å²) in [4.78, 5) is 3.94. The predicted octanol–water partition coefficient (Wildman–Crippen LogP) is 2.84. The summed E-state index contributed by atoms with van der Waals surface area (Å²) in [5.41, 5.74) is 0.972. The van der Waals surface area contributed by atoms with Gasteiger partial charge in [-0.05, 0) is 50.2 Å². The van der Waals surface area contributed by atoms with Gasteiger partial charge in [0.1, 0.15) is 0 Å². The first-order valence-electron chi connectivity index (χ1n) is 6.57. The van der Waals surface area contributed by atoms with Crippen molar-refractivity contribution in [1.82, 2.24) is 4.98 Å². The lowest BCUT2D eigenvalue weighted by molar-refractivity contribution is -0.0375. The number of halogens is 1. The Morgan fingerprint density at radius 1 is 1.56 bits per heavy atom. The topological polar surface area (TPSA) is 42.4 Å². The molecular formula is C14H20ClNO2. The van der Waals surface area contributed by atoms with E-state index in [1.54, 1.807) is 12.4 Å². The van der Waals surface area contributed by atoms with E-state index in [2.05, 4.69) is 4.98 Å². The number of rotatable bonds is 6. The number of hydrogen-bond acceptors (Lipinski definition) is 3. The lowest BCUT2D eigenvalue weighted by Gasteiger charge is -2.36. The molecule has 1 atom stereocenters. The number of hydrogen-bond donors (Lipinski definition) is 1. The molecule has 1 heterocycles. The summed E-state index contributed by atoms with van der Waals surface area (Å²) in [6, 6.07) is 1.87. The molecule has 3 nitrogen and oxygen atoms in total. The van der Waals surface area contributed by atoms with E-state index in [0.29, 0.717) is 23.5 Å². The zero-order chi connectivity index (χ0) is 13.0. The van der Waals surface area contributed by atoms with Crippen molar-refractivity contribution in [3.63, 3.8) is 0 Å². The van der Waals surface area contributed by atoms with Crippen molar-refractivity contribution in [1.29, 1.82) is 0 Å². The van der Waals surface area contributed by atoms with Crippen molar-refractivity contribution >= 4 is 11.6 Å². The van der Waals surface area contributed by atoms with Crippen LogP contribution in [-0.2, 0) is 11.2 Å². The molecule has 2 rings (SSSR count). The van der Waals surface area contributed by atoms with Crippen molar-refractivity contribution in [2.45, 2.75) is 44.8 Å². The number of pyridine rings is 1. The number of aliphatic hydroxyl groups excluding tert-OH is 1. The third-order valence-corrected chi connectivity index (χ3v) is 3.85. The third-order valence-electron chi connectivity index (χ3n) is 3.51. The van der Waals surface area contributed by atoms with Crippen molar-refractivity contribution in [2.75, 3.05) is 6.61 Å². The standard InChI is InChI=1S/C14H20ClNO2/c1-2-18-13-6-10(7-13)5-12(17)8-11-3-4-16-9-14(11)15/h3-4,9-10,12-13,17H,2,5-8H2,1H3. The number of nitrogens with zero attached hydrogens (tertiary/aromatic N) is 1. The minimum Gasteiger partial charge on any atom is -0.393 e. The molecule has 1 aliphatic carbocycles. The summed E-state index contributed by atoms with van der Waals surface area (Å²) < 4.78 is 5.52. The van der Waals surface area contributed by atoms with E-state index in [1.165, 1.54) is 0 Å². The van der Waals surface area contributed by atoms with Crippen LogP contribution < -0.4 is 0 Å². The third kappa shape index (κ3) is 3.67. The molecule has 0 saturated heterocycles. The molecule has 1 aliphatic rings. The van der Waals surface area contributed by atoms with Crippen LogP contribution in [0.3, 0.4) is 0 Å². The van der Waals surface area contributed by atoms with E-state index in [-0.39, 0.29) is 6.10 Å². The average molecular weight is 270 g/mol. The predicted molar refractivity (Wildman–Crippen MR) is 71.7 cm³/mol. The Balaban J connectivity index is 1.73. The maximum absolute atomic E-state index is 10.1. The molecule has 1 N–H and O–H groups in total. The number of ether oxygens (including phenoxy) is 1. The number of aliphatic hydroxyl groups is 1. The highest BCUT2D eigenvalue weighted by atomic mass is 35.5. The van der Waals surface area contributed by atoms with Crippen LogP contribution in [0.4, 0.5) is 0 Å².